The minimum absolute atomic E-state index is 0.268. The van der Waals surface area contributed by atoms with E-state index >= 15 is 0 Å². The summed E-state index contributed by atoms with van der Waals surface area (Å²) >= 11 is 3.88. The molecule has 0 amide bonds. The monoisotopic (exact) mass is 182 g/mol. The molecular weight excluding hydrogens is 175 g/mol. The van der Waals surface area contributed by atoms with Gasteiger partial charge in [-0.25, -0.2) is 4.98 Å². The zero-order chi connectivity index (χ0) is 8.97. The molecule has 0 saturated carbocycles. The lowest BCUT2D eigenvalue weighted by Crippen LogP contribution is -1.95. The van der Waals surface area contributed by atoms with Crippen LogP contribution in [-0.2, 0) is 0 Å². The fourth-order valence-corrected chi connectivity index (χ4v) is 0.749. The highest BCUT2D eigenvalue weighted by Gasteiger charge is 1.97. The summed E-state index contributed by atoms with van der Waals surface area (Å²) in [5.74, 6) is 5.06. The molecule has 0 radical (unpaired) electrons. The molecule has 0 fully saturated rings. The maximum atomic E-state index is 12.5. The number of rotatable bonds is 0. The summed E-state index contributed by atoms with van der Waals surface area (Å²) in [6.45, 7) is 0. The number of aromatic nitrogens is 1. The van der Waals surface area contributed by atoms with Gasteiger partial charge >= 0.3 is 0 Å². The Morgan fingerprint density at radius 3 is 3.00 bits per heavy atom. The van der Waals surface area contributed by atoms with Crippen molar-refractivity contribution in [2.45, 2.75) is 0 Å². The van der Waals surface area contributed by atoms with E-state index in [0.717, 1.165) is 0 Å². The molecule has 1 rings (SSSR count). The molecule has 0 atom stereocenters. The lowest BCUT2D eigenvalue weighted by Gasteiger charge is -1.95. The lowest BCUT2D eigenvalue weighted by molar-refractivity contribution is 0.583. The maximum Gasteiger partial charge on any atom is 0.214 e. The van der Waals surface area contributed by atoms with Crippen molar-refractivity contribution in [2.75, 3.05) is 11.5 Å². The minimum Gasteiger partial charge on any atom is -0.396 e. The molecule has 2 N–H and O–H groups in total. The van der Waals surface area contributed by atoms with Crippen molar-refractivity contribution in [3.63, 3.8) is 0 Å². The van der Waals surface area contributed by atoms with E-state index in [1.165, 1.54) is 12.1 Å². The first-order valence-corrected chi connectivity index (χ1v) is 3.89. The number of nitrogens with zero attached hydrogens (tertiary/aromatic N) is 1. The maximum absolute atomic E-state index is 12.5. The summed E-state index contributed by atoms with van der Waals surface area (Å²) in [7, 11) is 0. The van der Waals surface area contributed by atoms with Crippen molar-refractivity contribution in [1.29, 1.82) is 0 Å². The van der Waals surface area contributed by atoms with Gasteiger partial charge in [0, 0.05) is 0 Å². The molecule has 0 aliphatic rings. The topological polar surface area (TPSA) is 38.9 Å². The highest BCUT2D eigenvalue weighted by Crippen LogP contribution is 2.06. The Morgan fingerprint density at radius 1 is 1.58 bits per heavy atom. The largest absolute Gasteiger partial charge is 0.396 e. The molecular formula is C8H7FN2S. The molecule has 4 heteroatoms. The van der Waals surface area contributed by atoms with E-state index in [9.17, 15) is 4.39 Å². The summed E-state index contributed by atoms with van der Waals surface area (Å²) in [6.07, 6.45) is 0. The number of nitrogen functional groups attached to an aromatic ring is 1. The molecule has 0 saturated heterocycles. The van der Waals surface area contributed by atoms with Crippen molar-refractivity contribution in [1.82, 2.24) is 4.98 Å². The quantitative estimate of drug-likeness (QED) is 0.358. The van der Waals surface area contributed by atoms with Crippen LogP contribution in [-0.4, -0.2) is 10.7 Å². The summed E-state index contributed by atoms with van der Waals surface area (Å²) in [5.41, 5.74) is 6.12. The van der Waals surface area contributed by atoms with Crippen molar-refractivity contribution < 1.29 is 4.39 Å². The molecule has 62 valence electrons. The second-order valence-corrected chi connectivity index (χ2v) is 2.35. The third-order valence-corrected chi connectivity index (χ3v) is 1.34. The fourth-order valence-electron chi connectivity index (χ4n) is 0.669. The van der Waals surface area contributed by atoms with Gasteiger partial charge in [-0.15, -0.1) is 0 Å². The van der Waals surface area contributed by atoms with Crippen LogP contribution in [0, 0.1) is 17.8 Å². The highest BCUT2D eigenvalue weighted by atomic mass is 32.1. The third kappa shape index (κ3) is 2.14. The van der Waals surface area contributed by atoms with E-state index in [-0.39, 0.29) is 5.69 Å². The lowest BCUT2D eigenvalue weighted by atomic mass is 10.3. The molecule has 0 spiro atoms. The number of pyridine rings is 1. The van der Waals surface area contributed by atoms with Crippen molar-refractivity contribution in [3.05, 3.63) is 23.8 Å². The van der Waals surface area contributed by atoms with E-state index < -0.39 is 5.95 Å². The second kappa shape index (κ2) is 3.98. The standard InChI is InChI=1S/C8H7FN2S/c9-8-4-3-6(10)7(11-8)2-1-5-12/h3-4,12H,5,10H2. The van der Waals surface area contributed by atoms with Gasteiger partial charge in [-0.1, -0.05) is 5.92 Å². The van der Waals surface area contributed by atoms with E-state index in [1.807, 2.05) is 0 Å². The Bertz CT molecular complexity index is 341. The van der Waals surface area contributed by atoms with Gasteiger partial charge in [-0.3, -0.25) is 0 Å². The number of hydrogen-bond acceptors (Lipinski definition) is 3. The van der Waals surface area contributed by atoms with Crippen LogP contribution >= 0.6 is 12.6 Å². The van der Waals surface area contributed by atoms with Crippen molar-refractivity contribution in [2.24, 2.45) is 0 Å². The van der Waals surface area contributed by atoms with Gasteiger partial charge in [-0.05, 0) is 18.1 Å². The molecule has 1 heterocycles. The van der Waals surface area contributed by atoms with Crippen LogP contribution < -0.4 is 5.73 Å². The first kappa shape index (κ1) is 8.88. The van der Waals surface area contributed by atoms with Crippen LogP contribution in [0.5, 0.6) is 0 Å². The molecule has 0 aliphatic carbocycles. The Balaban J connectivity index is 3.05. The zero-order valence-corrected chi connectivity index (χ0v) is 7.11. The molecule has 2 nitrogen and oxygen atoms in total. The van der Waals surface area contributed by atoms with E-state index in [2.05, 4.69) is 29.5 Å². The van der Waals surface area contributed by atoms with Crippen LogP contribution in [0.4, 0.5) is 10.1 Å². The first-order valence-electron chi connectivity index (χ1n) is 3.26. The van der Waals surface area contributed by atoms with E-state index in [1.54, 1.807) is 0 Å². The smallest absolute Gasteiger partial charge is 0.214 e. The van der Waals surface area contributed by atoms with Gasteiger partial charge in [0.15, 0.2) is 0 Å². The van der Waals surface area contributed by atoms with Gasteiger partial charge in [-0.2, -0.15) is 17.0 Å². The van der Waals surface area contributed by atoms with Gasteiger partial charge in [0.1, 0.15) is 5.69 Å². The normalized spacial score (nSPS) is 8.83. The molecule has 12 heavy (non-hydrogen) atoms. The second-order valence-electron chi connectivity index (χ2n) is 2.03. The zero-order valence-electron chi connectivity index (χ0n) is 6.21. The summed E-state index contributed by atoms with van der Waals surface area (Å²) in [5, 5.41) is 0. The van der Waals surface area contributed by atoms with Crippen molar-refractivity contribution >= 4 is 18.3 Å². The fraction of sp³-hybridized carbons (Fsp3) is 0.125. The third-order valence-electron chi connectivity index (χ3n) is 1.18. The Hall–Kier alpha value is -1.21. The van der Waals surface area contributed by atoms with Crippen LogP contribution in [0.1, 0.15) is 5.69 Å². The average molecular weight is 182 g/mol. The molecule has 0 aromatic carbocycles. The SMILES string of the molecule is Nc1ccc(F)nc1C#CCS. The number of thiol groups is 1. The molecule has 1 aromatic rings. The minimum atomic E-state index is -0.576. The summed E-state index contributed by atoms with van der Waals surface area (Å²) < 4.78 is 12.5. The molecule has 0 bridgehead atoms. The van der Waals surface area contributed by atoms with Crippen LogP contribution in [0.15, 0.2) is 12.1 Å². The number of halogens is 1. The Labute approximate surface area is 75.4 Å². The number of anilines is 1. The molecule has 1 aromatic heterocycles. The van der Waals surface area contributed by atoms with Crippen LogP contribution in [0.25, 0.3) is 0 Å². The van der Waals surface area contributed by atoms with E-state index in [4.69, 9.17) is 5.73 Å². The van der Waals surface area contributed by atoms with Gasteiger partial charge in [0.2, 0.25) is 5.95 Å². The predicted molar refractivity (Wildman–Crippen MR) is 49.3 cm³/mol. The predicted octanol–water partition coefficient (Wildman–Crippen LogP) is 1.08. The first-order chi connectivity index (χ1) is 5.74. The van der Waals surface area contributed by atoms with E-state index in [0.29, 0.717) is 11.4 Å². The number of hydrogen-bond donors (Lipinski definition) is 2. The molecule has 0 aliphatic heterocycles. The summed E-state index contributed by atoms with van der Waals surface area (Å²) in [4.78, 5) is 3.51. The number of nitrogens with two attached hydrogens (primary N) is 1. The average Bonchev–Trinajstić information content (AvgIpc) is 2.07. The highest BCUT2D eigenvalue weighted by molar-refractivity contribution is 7.80. The Kier molecular flexibility index (Phi) is 2.94. The summed E-state index contributed by atoms with van der Waals surface area (Å²) in [6, 6.07) is 2.63. The van der Waals surface area contributed by atoms with Gasteiger partial charge in [0.05, 0.1) is 11.4 Å². The van der Waals surface area contributed by atoms with Crippen LogP contribution in [0.2, 0.25) is 0 Å². The van der Waals surface area contributed by atoms with Gasteiger partial charge < -0.3 is 5.73 Å². The van der Waals surface area contributed by atoms with Gasteiger partial charge in [0.25, 0.3) is 0 Å². The Morgan fingerprint density at radius 2 is 2.33 bits per heavy atom. The molecule has 0 unspecified atom stereocenters. The van der Waals surface area contributed by atoms with Crippen molar-refractivity contribution in [3.8, 4) is 11.8 Å². The van der Waals surface area contributed by atoms with Crippen LogP contribution in [0.3, 0.4) is 0 Å².